The number of imide groups is 1. The minimum atomic E-state index is -0.717. The van der Waals surface area contributed by atoms with E-state index in [-0.39, 0.29) is 12.0 Å². The first-order valence-electron chi connectivity index (χ1n) is 4.50. The standard InChI is InChI=1S/C11H9NO3/c13-9-8(10(14)12-11(9)15)6-7-4-2-1-3-5-7/h1-5H,6H2,(H2,12,13,14,15). The van der Waals surface area contributed by atoms with Crippen LogP contribution in [0.3, 0.4) is 0 Å². The van der Waals surface area contributed by atoms with E-state index in [0.29, 0.717) is 0 Å². The SMILES string of the molecule is O=C1NC(=O)C(Cc2ccccc2)=C1O. The van der Waals surface area contributed by atoms with Gasteiger partial charge in [-0.05, 0) is 5.56 Å². The number of hydrogen-bond donors (Lipinski definition) is 2. The maximum Gasteiger partial charge on any atom is 0.293 e. The van der Waals surface area contributed by atoms with Crippen LogP contribution in [0.25, 0.3) is 0 Å². The lowest BCUT2D eigenvalue weighted by Gasteiger charge is -1.99. The average molecular weight is 203 g/mol. The van der Waals surface area contributed by atoms with Crippen LogP contribution in [0.2, 0.25) is 0 Å². The van der Waals surface area contributed by atoms with Crippen LogP contribution in [0, 0.1) is 0 Å². The predicted molar refractivity (Wildman–Crippen MR) is 53.0 cm³/mol. The van der Waals surface area contributed by atoms with Crippen LogP contribution in [0.5, 0.6) is 0 Å². The highest BCUT2D eigenvalue weighted by atomic mass is 16.3. The molecule has 1 aromatic rings. The van der Waals surface area contributed by atoms with Gasteiger partial charge in [-0.25, -0.2) is 0 Å². The van der Waals surface area contributed by atoms with Crippen molar-refractivity contribution in [3.63, 3.8) is 0 Å². The van der Waals surface area contributed by atoms with Gasteiger partial charge < -0.3 is 5.11 Å². The molecule has 15 heavy (non-hydrogen) atoms. The molecule has 1 aliphatic heterocycles. The number of rotatable bonds is 2. The van der Waals surface area contributed by atoms with E-state index in [4.69, 9.17) is 0 Å². The van der Waals surface area contributed by atoms with Gasteiger partial charge in [-0.3, -0.25) is 14.9 Å². The Kier molecular flexibility index (Phi) is 2.25. The normalized spacial score (nSPS) is 15.7. The quantitative estimate of drug-likeness (QED) is 0.695. The molecule has 0 fully saturated rings. The number of benzene rings is 1. The van der Waals surface area contributed by atoms with Gasteiger partial charge in [-0.2, -0.15) is 0 Å². The van der Waals surface area contributed by atoms with Crippen molar-refractivity contribution >= 4 is 11.8 Å². The molecule has 0 atom stereocenters. The summed E-state index contributed by atoms with van der Waals surface area (Å²) < 4.78 is 0. The van der Waals surface area contributed by atoms with Gasteiger partial charge >= 0.3 is 0 Å². The van der Waals surface area contributed by atoms with Crippen molar-refractivity contribution in [1.82, 2.24) is 5.32 Å². The third kappa shape index (κ3) is 1.74. The first-order chi connectivity index (χ1) is 7.18. The number of carbonyl (C=O) groups is 2. The Morgan fingerprint density at radius 3 is 2.27 bits per heavy atom. The Balaban J connectivity index is 2.27. The largest absolute Gasteiger partial charge is 0.503 e. The van der Waals surface area contributed by atoms with Crippen molar-refractivity contribution in [2.75, 3.05) is 0 Å². The maximum absolute atomic E-state index is 11.2. The van der Waals surface area contributed by atoms with Crippen molar-refractivity contribution in [2.45, 2.75) is 6.42 Å². The minimum Gasteiger partial charge on any atom is -0.503 e. The fraction of sp³-hybridized carbons (Fsp3) is 0.0909. The van der Waals surface area contributed by atoms with Gasteiger partial charge in [0.05, 0.1) is 5.57 Å². The van der Waals surface area contributed by atoms with Crippen LogP contribution >= 0.6 is 0 Å². The third-order valence-electron chi connectivity index (χ3n) is 2.23. The monoisotopic (exact) mass is 203 g/mol. The second-order valence-electron chi connectivity index (χ2n) is 3.27. The predicted octanol–water partition coefficient (Wildman–Crippen LogP) is 0.698. The molecule has 0 spiro atoms. The molecule has 4 heteroatoms. The summed E-state index contributed by atoms with van der Waals surface area (Å²) in [5.74, 6) is -1.70. The van der Waals surface area contributed by atoms with Crippen LogP contribution < -0.4 is 5.32 Å². The molecule has 0 radical (unpaired) electrons. The second-order valence-corrected chi connectivity index (χ2v) is 3.27. The van der Waals surface area contributed by atoms with Gasteiger partial charge in [0.25, 0.3) is 11.8 Å². The fourth-order valence-electron chi connectivity index (χ4n) is 1.45. The van der Waals surface area contributed by atoms with Crippen molar-refractivity contribution < 1.29 is 14.7 Å². The summed E-state index contributed by atoms with van der Waals surface area (Å²) in [5, 5.41) is 11.4. The van der Waals surface area contributed by atoms with E-state index in [1.165, 1.54) is 0 Å². The van der Waals surface area contributed by atoms with E-state index in [2.05, 4.69) is 0 Å². The Bertz CT molecular complexity index is 448. The molecule has 0 saturated carbocycles. The Morgan fingerprint density at radius 1 is 1.07 bits per heavy atom. The molecule has 0 saturated heterocycles. The number of nitrogens with one attached hydrogen (secondary N) is 1. The van der Waals surface area contributed by atoms with Crippen LogP contribution in [0.4, 0.5) is 0 Å². The Hall–Kier alpha value is -2.10. The summed E-state index contributed by atoms with van der Waals surface area (Å²) in [6, 6.07) is 9.19. The molecule has 0 unspecified atom stereocenters. The van der Waals surface area contributed by atoms with Crippen LogP contribution in [0.15, 0.2) is 41.7 Å². The van der Waals surface area contributed by atoms with Crippen molar-refractivity contribution in [2.24, 2.45) is 0 Å². The van der Waals surface area contributed by atoms with Crippen molar-refractivity contribution in [3.8, 4) is 0 Å². The number of aliphatic hydroxyl groups excluding tert-OH is 1. The number of amides is 2. The van der Waals surface area contributed by atoms with E-state index in [1.807, 2.05) is 35.6 Å². The zero-order valence-electron chi connectivity index (χ0n) is 7.86. The molecule has 1 heterocycles. The summed E-state index contributed by atoms with van der Waals surface area (Å²) in [6.45, 7) is 0. The summed E-state index contributed by atoms with van der Waals surface area (Å²) >= 11 is 0. The summed E-state index contributed by atoms with van der Waals surface area (Å²) in [5.41, 5.74) is 1.01. The highest BCUT2D eigenvalue weighted by Crippen LogP contribution is 2.15. The first-order valence-corrected chi connectivity index (χ1v) is 4.50. The lowest BCUT2D eigenvalue weighted by Crippen LogP contribution is -2.23. The van der Waals surface area contributed by atoms with Gasteiger partial charge in [-0.1, -0.05) is 30.3 Å². The molecule has 4 nitrogen and oxygen atoms in total. The van der Waals surface area contributed by atoms with Gasteiger partial charge in [0.1, 0.15) is 0 Å². The number of carbonyl (C=O) groups excluding carboxylic acids is 2. The van der Waals surface area contributed by atoms with E-state index in [1.54, 1.807) is 0 Å². The number of aliphatic hydroxyl groups is 1. The summed E-state index contributed by atoms with van der Waals surface area (Å²) in [6.07, 6.45) is 0.268. The molecular formula is C11H9NO3. The van der Waals surface area contributed by atoms with E-state index < -0.39 is 17.6 Å². The van der Waals surface area contributed by atoms with Crippen molar-refractivity contribution in [3.05, 3.63) is 47.2 Å². The first kappa shape index (κ1) is 9.45. The molecule has 76 valence electrons. The van der Waals surface area contributed by atoms with E-state index >= 15 is 0 Å². The molecule has 2 rings (SSSR count). The molecule has 0 aromatic heterocycles. The fourth-order valence-corrected chi connectivity index (χ4v) is 1.45. The van der Waals surface area contributed by atoms with Gasteiger partial charge in [-0.15, -0.1) is 0 Å². The minimum absolute atomic E-state index is 0.131. The van der Waals surface area contributed by atoms with Gasteiger partial charge in [0.15, 0.2) is 5.76 Å². The zero-order valence-corrected chi connectivity index (χ0v) is 7.86. The molecule has 1 aromatic carbocycles. The van der Waals surface area contributed by atoms with Crippen LogP contribution in [0.1, 0.15) is 5.56 Å². The van der Waals surface area contributed by atoms with Gasteiger partial charge in [0, 0.05) is 6.42 Å². The molecule has 0 aliphatic carbocycles. The Labute approximate surface area is 86.2 Å². The molecule has 2 amide bonds. The average Bonchev–Trinajstić information content (AvgIpc) is 2.47. The highest BCUT2D eigenvalue weighted by molar-refractivity contribution is 6.18. The molecule has 2 N–H and O–H groups in total. The maximum atomic E-state index is 11.2. The lowest BCUT2D eigenvalue weighted by molar-refractivity contribution is -0.125. The van der Waals surface area contributed by atoms with Crippen LogP contribution in [-0.4, -0.2) is 16.9 Å². The van der Waals surface area contributed by atoms with E-state index in [9.17, 15) is 14.7 Å². The lowest BCUT2D eigenvalue weighted by atomic mass is 10.1. The topological polar surface area (TPSA) is 66.4 Å². The number of hydrogen-bond acceptors (Lipinski definition) is 3. The van der Waals surface area contributed by atoms with E-state index in [0.717, 1.165) is 5.56 Å². The molecule has 0 bridgehead atoms. The smallest absolute Gasteiger partial charge is 0.293 e. The third-order valence-corrected chi connectivity index (χ3v) is 2.23. The van der Waals surface area contributed by atoms with Crippen molar-refractivity contribution in [1.29, 1.82) is 0 Å². The second kappa shape index (κ2) is 3.57. The summed E-state index contributed by atoms with van der Waals surface area (Å²) in [4.78, 5) is 22.2. The highest BCUT2D eigenvalue weighted by Gasteiger charge is 2.29. The van der Waals surface area contributed by atoms with Gasteiger partial charge in [0.2, 0.25) is 0 Å². The summed E-state index contributed by atoms with van der Waals surface area (Å²) in [7, 11) is 0. The molecule has 1 aliphatic rings. The van der Waals surface area contributed by atoms with Crippen LogP contribution in [-0.2, 0) is 16.0 Å². The molecular weight excluding hydrogens is 194 g/mol. The Morgan fingerprint density at radius 2 is 1.73 bits per heavy atom. The zero-order chi connectivity index (χ0) is 10.8.